The molecule has 2 aromatic carbocycles. The summed E-state index contributed by atoms with van der Waals surface area (Å²) < 4.78 is 113. The molecule has 1 unspecified atom stereocenters. The van der Waals surface area contributed by atoms with Gasteiger partial charge in [-0.25, -0.2) is 18.7 Å². The summed E-state index contributed by atoms with van der Waals surface area (Å²) in [6.07, 6.45) is -5.18. The van der Waals surface area contributed by atoms with Gasteiger partial charge in [-0.05, 0) is 33.8 Å². The van der Waals surface area contributed by atoms with E-state index in [1.54, 1.807) is 0 Å². The molecule has 7 nitrogen and oxygen atoms in total. The first-order valence-corrected chi connectivity index (χ1v) is 11.5. The molecule has 0 saturated carbocycles. The highest BCUT2D eigenvalue weighted by molar-refractivity contribution is 5.92. The van der Waals surface area contributed by atoms with Gasteiger partial charge in [-0.3, -0.25) is 0 Å². The lowest BCUT2D eigenvalue weighted by Crippen LogP contribution is -2.41. The Labute approximate surface area is 218 Å². The van der Waals surface area contributed by atoms with Crippen LogP contribution in [0.2, 0.25) is 0 Å². The number of nitrogens with zero attached hydrogens (tertiary/aromatic N) is 2. The van der Waals surface area contributed by atoms with E-state index in [4.69, 9.17) is 9.47 Å². The van der Waals surface area contributed by atoms with Crippen LogP contribution >= 0.6 is 0 Å². The molecule has 2 N–H and O–H groups in total. The molecule has 3 aromatic rings. The Kier molecular flexibility index (Phi) is 8.51. The summed E-state index contributed by atoms with van der Waals surface area (Å²) >= 11 is 0. The maximum atomic E-state index is 15.7. The summed E-state index contributed by atoms with van der Waals surface area (Å²) in [7, 11) is 1.30. The van der Waals surface area contributed by atoms with Crippen LogP contribution in [0.25, 0.3) is 10.9 Å². The second-order valence-electron chi connectivity index (χ2n) is 9.13. The maximum absolute atomic E-state index is 15.7. The fourth-order valence-electron chi connectivity index (χ4n) is 3.73. The predicted molar refractivity (Wildman–Crippen MR) is 127 cm³/mol. The van der Waals surface area contributed by atoms with E-state index in [1.807, 2.05) is 0 Å². The SMILES string of the molecule is COCCOc1c(OC(F)(F)F)cc2nc(C)nc(NC(C)c3cccc(C(F)(F)C(C)(C)O)c3F)c2c1F. The summed E-state index contributed by atoms with van der Waals surface area (Å²) in [6.45, 7) is 4.02. The van der Waals surface area contributed by atoms with Crippen LogP contribution in [0.5, 0.6) is 11.5 Å². The van der Waals surface area contributed by atoms with Crippen molar-refractivity contribution in [3.8, 4) is 11.5 Å². The number of ether oxygens (including phenoxy) is 3. The topological polar surface area (TPSA) is 85.7 Å². The minimum atomic E-state index is -5.18. The van der Waals surface area contributed by atoms with Gasteiger partial charge in [0.05, 0.1) is 29.1 Å². The average molecular weight is 565 g/mol. The first kappa shape index (κ1) is 30.2. The van der Waals surface area contributed by atoms with E-state index in [0.29, 0.717) is 0 Å². The van der Waals surface area contributed by atoms with Crippen molar-refractivity contribution in [2.24, 2.45) is 0 Å². The Bertz CT molecular complexity index is 1340. The summed E-state index contributed by atoms with van der Waals surface area (Å²) in [5.74, 6) is -8.72. The fraction of sp³-hybridized carbons (Fsp3) is 0.440. The number of hydrogen-bond donors (Lipinski definition) is 2. The van der Waals surface area contributed by atoms with E-state index in [2.05, 4.69) is 20.0 Å². The number of alkyl halides is 5. The lowest BCUT2D eigenvalue weighted by Gasteiger charge is -2.30. The number of aromatic nitrogens is 2. The Morgan fingerprint density at radius 2 is 1.69 bits per heavy atom. The zero-order chi connectivity index (χ0) is 29.3. The van der Waals surface area contributed by atoms with Crippen molar-refractivity contribution in [1.82, 2.24) is 9.97 Å². The van der Waals surface area contributed by atoms with E-state index >= 15 is 8.78 Å². The molecule has 0 bridgehead atoms. The highest BCUT2D eigenvalue weighted by atomic mass is 19.4. The Balaban J connectivity index is 2.13. The van der Waals surface area contributed by atoms with Crippen LogP contribution in [-0.4, -0.2) is 47.4 Å². The normalized spacial score (nSPS) is 13.5. The number of hydrogen-bond acceptors (Lipinski definition) is 7. The van der Waals surface area contributed by atoms with Gasteiger partial charge < -0.3 is 24.6 Å². The van der Waals surface area contributed by atoms with Crippen molar-refractivity contribution in [2.45, 2.75) is 51.6 Å². The van der Waals surface area contributed by atoms with Crippen molar-refractivity contribution in [3.05, 3.63) is 52.9 Å². The van der Waals surface area contributed by atoms with E-state index < -0.39 is 58.0 Å². The molecule has 0 fully saturated rings. The molecule has 0 aliphatic carbocycles. The molecule has 1 aromatic heterocycles. The quantitative estimate of drug-likeness (QED) is 0.225. The third kappa shape index (κ3) is 6.44. The van der Waals surface area contributed by atoms with E-state index in [-0.39, 0.29) is 35.9 Å². The van der Waals surface area contributed by atoms with Gasteiger partial charge in [0.15, 0.2) is 17.3 Å². The van der Waals surface area contributed by atoms with Crippen molar-refractivity contribution < 1.29 is 50.1 Å². The second-order valence-corrected chi connectivity index (χ2v) is 9.13. The van der Waals surface area contributed by atoms with Crippen molar-refractivity contribution in [3.63, 3.8) is 0 Å². The number of aliphatic hydroxyl groups is 1. The molecule has 39 heavy (non-hydrogen) atoms. The molecular formula is C25H26F7N3O4. The van der Waals surface area contributed by atoms with Crippen molar-refractivity contribution >= 4 is 16.7 Å². The number of nitrogens with one attached hydrogen (secondary N) is 1. The molecule has 1 atom stereocenters. The van der Waals surface area contributed by atoms with Gasteiger partial charge in [0, 0.05) is 18.7 Å². The summed E-state index contributed by atoms with van der Waals surface area (Å²) in [5.41, 5.74) is -4.20. The van der Waals surface area contributed by atoms with Gasteiger partial charge in [-0.1, -0.05) is 12.1 Å². The lowest BCUT2D eigenvalue weighted by molar-refractivity contribution is -0.275. The van der Waals surface area contributed by atoms with Crippen LogP contribution in [0, 0.1) is 18.6 Å². The molecule has 0 saturated heterocycles. The third-order valence-electron chi connectivity index (χ3n) is 5.67. The molecule has 1 heterocycles. The third-order valence-corrected chi connectivity index (χ3v) is 5.67. The van der Waals surface area contributed by atoms with E-state index in [0.717, 1.165) is 32.0 Å². The smallest absolute Gasteiger partial charge is 0.484 e. The summed E-state index contributed by atoms with van der Waals surface area (Å²) in [5, 5.41) is 12.2. The minimum Gasteiger partial charge on any atom is -0.484 e. The zero-order valence-electron chi connectivity index (χ0n) is 21.5. The van der Waals surface area contributed by atoms with Gasteiger partial charge in [0.1, 0.15) is 29.7 Å². The minimum absolute atomic E-state index is 0.00500. The standard InChI is InChI=1S/C25H26F7N3O4/c1-12(14-7-6-8-15(19(14)26)24(28,29)23(3,4)36)33-22-18-16(34-13(2)35-22)11-17(39-25(30,31)32)21(20(18)27)38-10-9-37-5/h6-8,11-12,36H,9-10H2,1-5H3,(H,33,34,35). The first-order valence-electron chi connectivity index (χ1n) is 11.5. The Hall–Kier alpha value is -3.39. The predicted octanol–water partition coefficient (Wildman–Crippen LogP) is 6.18. The summed E-state index contributed by atoms with van der Waals surface area (Å²) in [4.78, 5) is 8.07. The highest BCUT2D eigenvalue weighted by Crippen LogP contribution is 2.43. The lowest BCUT2D eigenvalue weighted by atomic mass is 9.91. The number of fused-ring (bicyclic) bond motifs is 1. The molecule has 214 valence electrons. The van der Waals surface area contributed by atoms with Gasteiger partial charge >= 0.3 is 12.3 Å². The summed E-state index contributed by atoms with van der Waals surface area (Å²) in [6, 6.07) is 2.90. The highest BCUT2D eigenvalue weighted by Gasteiger charge is 2.49. The van der Waals surface area contributed by atoms with E-state index in [9.17, 15) is 27.1 Å². The number of rotatable bonds is 10. The van der Waals surface area contributed by atoms with Crippen molar-refractivity contribution in [2.75, 3.05) is 25.6 Å². The molecule has 14 heteroatoms. The van der Waals surface area contributed by atoms with Crippen LogP contribution in [0.3, 0.4) is 0 Å². The van der Waals surface area contributed by atoms with Crippen LogP contribution in [-0.2, 0) is 10.7 Å². The van der Waals surface area contributed by atoms with E-state index in [1.165, 1.54) is 27.0 Å². The molecule has 0 aliphatic rings. The van der Waals surface area contributed by atoms with Gasteiger partial charge in [-0.2, -0.15) is 8.78 Å². The van der Waals surface area contributed by atoms with Crippen LogP contribution < -0.4 is 14.8 Å². The molecule has 0 spiro atoms. The average Bonchev–Trinajstić information content (AvgIpc) is 2.78. The number of aryl methyl sites for hydroxylation is 1. The van der Waals surface area contributed by atoms with Gasteiger partial charge in [0.25, 0.3) is 0 Å². The number of methoxy groups -OCH3 is 1. The molecular weight excluding hydrogens is 539 g/mol. The van der Waals surface area contributed by atoms with Crippen molar-refractivity contribution in [1.29, 1.82) is 0 Å². The van der Waals surface area contributed by atoms with Gasteiger partial charge in [0.2, 0.25) is 0 Å². The Morgan fingerprint density at radius 1 is 1.03 bits per heavy atom. The first-order chi connectivity index (χ1) is 18.0. The largest absolute Gasteiger partial charge is 0.573 e. The fourth-order valence-corrected chi connectivity index (χ4v) is 3.73. The number of anilines is 1. The number of benzene rings is 2. The van der Waals surface area contributed by atoms with Crippen LogP contribution in [0.1, 0.15) is 43.8 Å². The number of halogens is 7. The van der Waals surface area contributed by atoms with Crippen LogP contribution in [0.4, 0.5) is 36.6 Å². The Morgan fingerprint density at radius 3 is 2.28 bits per heavy atom. The molecule has 0 amide bonds. The monoisotopic (exact) mass is 565 g/mol. The molecule has 3 rings (SSSR count). The maximum Gasteiger partial charge on any atom is 0.573 e. The molecule has 0 aliphatic heterocycles. The zero-order valence-corrected chi connectivity index (χ0v) is 21.5. The van der Waals surface area contributed by atoms with Gasteiger partial charge in [-0.15, -0.1) is 13.2 Å². The molecule has 0 radical (unpaired) electrons. The second kappa shape index (κ2) is 11.0. The van der Waals surface area contributed by atoms with Crippen LogP contribution in [0.15, 0.2) is 24.3 Å².